The van der Waals surface area contributed by atoms with Gasteiger partial charge >= 0.3 is 0 Å². The zero-order chi connectivity index (χ0) is 18.9. The SMILES string of the molecule is Cc1cc(NC(=O)[C@H]2Oc3ccccc3O[C@@H]2C)ccc1NS(C)(=O)=O. The number of amides is 1. The van der Waals surface area contributed by atoms with E-state index >= 15 is 0 Å². The van der Waals surface area contributed by atoms with Gasteiger partial charge in [-0.05, 0) is 49.7 Å². The minimum Gasteiger partial charge on any atom is -0.482 e. The summed E-state index contributed by atoms with van der Waals surface area (Å²) in [4.78, 5) is 12.6. The van der Waals surface area contributed by atoms with E-state index in [0.29, 0.717) is 28.4 Å². The summed E-state index contributed by atoms with van der Waals surface area (Å²) in [5.74, 6) is 0.793. The lowest BCUT2D eigenvalue weighted by Gasteiger charge is -2.31. The third-order valence-corrected chi connectivity index (χ3v) is 4.48. The molecule has 0 saturated carbocycles. The molecule has 0 aromatic heterocycles. The molecule has 1 aliphatic heterocycles. The molecule has 0 spiro atoms. The van der Waals surface area contributed by atoms with Crippen LogP contribution >= 0.6 is 0 Å². The van der Waals surface area contributed by atoms with E-state index in [1.54, 1.807) is 44.2 Å². The van der Waals surface area contributed by atoms with Gasteiger partial charge in [0, 0.05) is 5.69 Å². The van der Waals surface area contributed by atoms with E-state index in [0.717, 1.165) is 6.26 Å². The van der Waals surface area contributed by atoms with Gasteiger partial charge in [0.25, 0.3) is 5.91 Å². The Hall–Kier alpha value is -2.74. The topological polar surface area (TPSA) is 93.7 Å². The standard InChI is InChI=1S/C18H20N2O5S/c1-11-10-13(8-9-14(11)20-26(3,22)23)19-18(21)17-12(2)24-15-6-4-5-7-16(15)25-17/h4-10,12,17,20H,1-3H3,(H,19,21)/t12-,17+/m1/s1. The van der Waals surface area contributed by atoms with Gasteiger partial charge in [-0.3, -0.25) is 9.52 Å². The van der Waals surface area contributed by atoms with E-state index in [1.807, 2.05) is 12.1 Å². The average molecular weight is 376 g/mol. The number of fused-ring (bicyclic) bond motifs is 1. The Morgan fingerprint density at radius 3 is 2.35 bits per heavy atom. The van der Waals surface area contributed by atoms with Crippen LogP contribution in [0.25, 0.3) is 0 Å². The molecule has 0 unspecified atom stereocenters. The lowest BCUT2D eigenvalue weighted by Crippen LogP contribution is -2.46. The molecule has 26 heavy (non-hydrogen) atoms. The number of rotatable bonds is 4. The smallest absolute Gasteiger partial charge is 0.269 e. The van der Waals surface area contributed by atoms with E-state index in [-0.39, 0.29) is 5.91 Å². The number of sulfonamides is 1. The number of carbonyl (C=O) groups excluding carboxylic acids is 1. The van der Waals surface area contributed by atoms with Crippen LogP contribution in [0, 0.1) is 6.92 Å². The van der Waals surface area contributed by atoms with E-state index in [1.165, 1.54) is 0 Å². The first-order chi connectivity index (χ1) is 12.2. The first kappa shape index (κ1) is 18.1. The molecule has 1 aliphatic rings. The van der Waals surface area contributed by atoms with Gasteiger partial charge in [0.05, 0.1) is 11.9 Å². The Morgan fingerprint density at radius 1 is 1.08 bits per heavy atom. The molecule has 2 aromatic rings. The minimum absolute atomic E-state index is 0.338. The number of ether oxygens (including phenoxy) is 2. The summed E-state index contributed by atoms with van der Waals surface area (Å²) in [5.41, 5.74) is 1.69. The van der Waals surface area contributed by atoms with Gasteiger partial charge in [-0.15, -0.1) is 0 Å². The van der Waals surface area contributed by atoms with Crippen molar-refractivity contribution in [2.45, 2.75) is 26.1 Å². The van der Waals surface area contributed by atoms with Crippen LogP contribution in [-0.4, -0.2) is 32.8 Å². The van der Waals surface area contributed by atoms with Crippen molar-refractivity contribution in [1.29, 1.82) is 0 Å². The van der Waals surface area contributed by atoms with Crippen molar-refractivity contribution in [2.24, 2.45) is 0 Å². The largest absolute Gasteiger partial charge is 0.482 e. The van der Waals surface area contributed by atoms with E-state index in [4.69, 9.17) is 9.47 Å². The van der Waals surface area contributed by atoms with Gasteiger partial charge in [-0.1, -0.05) is 12.1 Å². The fourth-order valence-electron chi connectivity index (χ4n) is 2.68. The van der Waals surface area contributed by atoms with Crippen molar-refractivity contribution >= 4 is 27.3 Å². The molecule has 2 aromatic carbocycles. The van der Waals surface area contributed by atoms with Gasteiger partial charge in [0.2, 0.25) is 16.1 Å². The van der Waals surface area contributed by atoms with Crippen LogP contribution in [0.4, 0.5) is 11.4 Å². The molecular weight excluding hydrogens is 356 g/mol. The monoisotopic (exact) mass is 376 g/mol. The van der Waals surface area contributed by atoms with Crippen molar-refractivity contribution < 1.29 is 22.7 Å². The Balaban J connectivity index is 1.73. The Kier molecular flexibility index (Phi) is 4.78. The van der Waals surface area contributed by atoms with Crippen molar-refractivity contribution in [3.63, 3.8) is 0 Å². The summed E-state index contributed by atoms with van der Waals surface area (Å²) in [7, 11) is -3.36. The molecule has 0 aliphatic carbocycles. The first-order valence-corrected chi connectivity index (χ1v) is 9.94. The summed E-state index contributed by atoms with van der Waals surface area (Å²) in [5, 5.41) is 2.78. The third kappa shape index (κ3) is 4.08. The van der Waals surface area contributed by atoms with Gasteiger partial charge in [-0.25, -0.2) is 8.42 Å². The Bertz CT molecular complexity index is 942. The summed E-state index contributed by atoms with van der Waals surface area (Å²) >= 11 is 0. The molecular formula is C18H20N2O5S. The quantitative estimate of drug-likeness (QED) is 0.855. The first-order valence-electron chi connectivity index (χ1n) is 8.04. The van der Waals surface area contributed by atoms with Gasteiger partial charge in [0.1, 0.15) is 6.10 Å². The molecule has 0 radical (unpaired) electrons. The van der Waals surface area contributed by atoms with Crippen molar-refractivity contribution in [3.05, 3.63) is 48.0 Å². The zero-order valence-electron chi connectivity index (χ0n) is 14.6. The number of carbonyl (C=O) groups is 1. The minimum atomic E-state index is -3.36. The maximum Gasteiger partial charge on any atom is 0.269 e. The molecule has 1 heterocycles. The maximum atomic E-state index is 12.6. The molecule has 7 nitrogen and oxygen atoms in total. The molecule has 2 N–H and O–H groups in total. The number of nitrogens with one attached hydrogen (secondary N) is 2. The lowest BCUT2D eigenvalue weighted by atomic mass is 10.1. The highest BCUT2D eigenvalue weighted by molar-refractivity contribution is 7.92. The fraction of sp³-hybridized carbons (Fsp3) is 0.278. The second kappa shape index (κ2) is 6.87. The van der Waals surface area contributed by atoms with Crippen LogP contribution in [0.15, 0.2) is 42.5 Å². The number of hydrogen-bond donors (Lipinski definition) is 2. The number of hydrogen-bond acceptors (Lipinski definition) is 5. The molecule has 8 heteroatoms. The number of aryl methyl sites for hydroxylation is 1. The summed E-state index contributed by atoms with van der Waals surface area (Å²) < 4.78 is 36.6. The summed E-state index contributed by atoms with van der Waals surface area (Å²) in [6.45, 7) is 3.52. The fourth-order valence-corrected chi connectivity index (χ4v) is 3.30. The molecule has 138 valence electrons. The summed E-state index contributed by atoms with van der Waals surface area (Å²) in [6, 6.07) is 12.1. The average Bonchev–Trinajstić information content (AvgIpc) is 2.55. The van der Waals surface area contributed by atoms with Crippen LogP contribution < -0.4 is 19.5 Å². The van der Waals surface area contributed by atoms with Crippen LogP contribution in [-0.2, 0) is 14.8 Å². The second-order valence-corrected chi connectivity index (χ2v) is 7.95. The van der Waals surface area contributed by atoms with Crippen LogP contribution in [0.3, 0.4) is 0 Å². The van der Waals surface area contributed by atoms with Crippen molar-refractivity contribution in [1.82, 2.24) is 0 Å². The predicted molar refractivity (Wildman–Crippen MR) is 99.2 cm³/mol. The Labute approximate surface area is 152 Å². The van der Waals surface area contributed by atoms with Crippen molar-refractivity contribution in [2.75, 3.05) is 16.3 Å². The molecule has 3 rings (SSSR count). The number of para-hydroxylation sites is 2. The zero-order valence-corrected chi connectivity index (χ0v) is 15.5. The Morgan fingerprint density at radius 2 is 1.73 bits per heavy atom. The van der Waals surface area contributed by atoms with Crippen LogP contribution in [0.1, 0.15) is 12.5 Å². The number of benzene rings is 2. The third-order valence-electron chi connectivity index (χ3n) is 3.89. The highest BCUT2D eigenvalue weighted by atomic mass is 32.2. The van der Waals surface area contributed by atoms with Crippen LogP contribution in [0.2, 0.25) is 0 Å². The molecule has 0 fully saturated rings. The maximum absolute atomic E-state index is 12.6. The normalized spacial score (nSPS) is 18.9. The predicted octanol–water partition coefficient (Wildman–Crippen LogP) is 2.53. The van der Waals surface area contributed by atoms with E-state index < -0.39 is 22.2 Å². The molecule has 1 amide bonds. The lowest BCUT2D eigenvalue weighted by molar-refractivity contribution is -0.128. The highest BCUT2D eigenvalue weighted by Gasteiger charge is 2.34. The van der Waals surface area contributed by atoms with Crippen molar-refractivity contribution in [3.8, 4) is 11.5 Å². The highest BCUT2D eigenvalue weighted by Crippen LogP contribution is 2.33. The molecule has 0 bridgehead atoms. The number of anilines is 2. The molecule has 2 atom stereocenters. The van der Waals surface area contributed by atoms with Crippen LogP contribution in [0.5, 0.6) is 11.5 Å². The second-order valence-electron chi connectivity index (χ2n) is 6.20. The molecule has 0 saturated heterocycles. The van der Waals surface area contributed by atoms with Gasteiger partial charge in [-0.2, -0.15) is 0 Å². The van der Waals surface area contributed by atoms with Gasteiger partial charge < -0.3 is 14.8 Å². The van der Waals surface area contributed by atoms with E-state index in [2.05, 4.69) is 10.0 Å². The van der Waals surface area contributed by atoms with E-state index in [9.17, 15) is 13.2 Å². The summed E-state index contributed by atoms with van der Waals surface area (Å²) in [6.07, 6.45) is -0.155. The van der Waals surface area contributed by atoms with Gasteiger partial charge in [0.15, 0.2) is 11.5 Å².